The van der Waals surface area contributed by atoms with Gasteiger partial charge in [0, 0.05) is 6.20 Å². The molecule has 3 nitrogen and oxygen atoms in total. The summed E-state index contributed by atoms with van der Waals surface area (Å²) in [4.78, 5) is 15.9. The van der Waals surface area contributed by atoms with Gasteiger partial charge >= 0.3 is 0 Å². The maximum atomic E-state index is 12.0. The molecule has 0 aliphatic heterocycles. The first kappa shape index (κ1) is 13.1. The highest BCUT2D eigenvalue weighted by Crippen LogP contribution is 2.26. The zero-order chi connectivity index (χ0) is 13.1. The highest BCUT2D eigenvalue weighted by Gasteiger charge is 2.15. The number of anilines is 1. The van der Waals surface area contributed by atoms with Crippen LogP contribution in [0.1, 0.15) is 10.4 Å². The Bertz CT molecular complexity index is 581. The van der Waals surface area contributed by atoms with Crippen molar-refractivity contribution in [2.24, 2.45) is 0 Å². The molecule has 6 heteroatoms. The number of nitrogens with one attached hydrogen (secondary N) is 1. The van der Waals surface area contributed by atoms with Gasteiger partial charge in [0.15, 0.2) is 0 Å². The second-order valence-electron chi connectivity index (χ2n) is 3.41. The molecule has 0 bridgehead atoms. The SMILES string of the molecule is O=C(Nc1cnccc1Cl)c1c(Cl)cccc1Cl. The number of halogens is 3. The highest BCUT2D eigenvalue weighted by atomic mass is 35.5. The van der Waals surface area contributed by atoms with Crippen LogP contribution in [-0.4, -0.2) is 10.9 Å². The lowest BCUT2D eigenvalue weighted by atomic mass is 10.2. The summed E-state index contributed by atoms with van der Waals surface area (Å²) in [6.45, 7) is 0. The van der Waals surface area contributed by atoms with Crippen molar-refractivity contribution in [1.29, 1.82) is 0 Å². The predicted molar refractivity (Wildman–Crippen MR) is 73.7 cm³/mol. The Morgan fingerprint density at radius 2 is 1.72 bits per heavy atom. The normalized spacial score (nSPS) is 10.2. The molecule has 1 amide bonds. The molecule has 2 aromatic rings. The van der Waals surface area contributed by atoms with Gasteiger partial charge in [-0.1, -0.05) is 40.9 Å². The minimum atomic E-state index is -0.430. The quantitative estimate of drug-likeness (QED) is 0.899. The van der Waals surface area contributed by atoms with Gasteiger partial charge in [-0.3, -0.25) is 9.78 Å². The van der Waals surface area contributed by atoms with Crippen LogP contribution in [0.15, 0.2) is 36.7 Å². The fraction of sp³-hybridized carbons (Fsp3) is 0. The van der Waals surface area contributed by atoms with E-state index in [0.717, 1.165) is 0 Å². The van der Waals surface area contributed by atoms with Crippen LogP contribution in [0.2, 0.25) is 15.1 Å². The lowest BCUT2D eigenvalue weighted by Crippen LogP contribution is -2.13. The zero-order valence-corrected chi connectivity index (χ0v) is 11.2. The van der Waals surface area contributed by atoms with Crippen molar-refractivity contribution in [3.05, 3.63) is 57.3 Å². The Morgan fingerprint density at radius 3 is 2.33 bits per heavy atom. The van der Waals surface area contributed by atoms with Gasteiger partial charge < -0.3 is 5.32 Å². The molecule has 0 unspecified atom stereocenters. The standard InChI is InChI=1S/C12H7Cl3N2O/c13-7-4-5-16-6-10(7)17-12(18)11-8(14)2-1-3-9(11)15/h1-6H,(H,17,18). The van der Waals surface area contributed by atoms with E-state index >= 15 is 0 Å². The molecule has 92 valence electrons. The zero-order valence-electron chi connectivity index (χ0n) is 8.95. The summed E-state index contributed by atoms with van der Waals surface area (Å²) >= 11 is 17.8. The van der Waals surface area contributed by atoms with Crippen LogP contribution in [0.5, 0.6) is 0 Å². The summed E-state index contributed by atoms with van der Waals surface area (Å²) < 4.78 is 0. The average Bonchev–Trinajstić information content (AvgIpc) is 2.32. The van der Waals surface area contributed by atoms with Crippen LogP contribution in [0.25, 0.3) is 0 Å². The largest absolute Gasteiger partial charge is 0.319 e. The molecular weight excluding hydrogens is 295 g/mol. The molecule has 0 saturated carbocycles. The third kappa shape index (κ3) is 2.75. The van der Waals surface area contributed by atoms with Crippen molar-refractivity contribution in [2.75, 3.05) is 5.32 Å². The van der Waals surface area contributed by atoms with E-state index in [-0.39, 0.29) is 15.6 Å². The third-order valence-corrected chi connectivity index (χ3v) is 3.17. The van der Waals surface area contributed by atoms with Crippen LogP contribution in [0.3, 0.4) is 0 Å². The van der Waals surface area contributed by atoms with Crippen LogP contribution in [0.4, 0.5) is 5.69 Å². The summed E-state index contributed by atoms with van der Waals surface area (Å²) in [5.41, 5.74) is 0.612. The first-order valence-corrected chi connectivity index (χ1v) is 6.08. The fourth-order valence-electron chi connectivity index (χ4n) is 1.37. The van der Waals surface area contributed by atoms with Gasteiger partial charge in [-0.25, -0.2) is 0 Å². The Hall–Kier alpha value is -1.29. The van der Waals surface area contributed by atoms with E-state index in [4.69, 9.17) is 34.8 Å². The van der Waals surface area contributed by atoms with Crippen molar-refractivity contribution >= 4 is 46.4 Å². The number of amides is 1. The molecule has 0 atom stereocenters. The van der Waals surface area contributed by atoms with Crippen molar-refractivity contribution in [3.63, 3.8) is 0 Å². The fourth-order valence-corrected chi connectivity index (χ4v) is 2.09. The van der Waals surface area contributed by atoms with E-state index in [2.05, 4.69) is 10.3 Å². The molecule has 0 aliphatic carbocycles. The lowest BCUT2D eigenvalue weighted by molar-refractivity contribution is 0.102. The minimum absolute atomic E-state index is 0.209. The molecule has 2 rings (SSSR count). The number of carbonyl (C=O) groups excluding carboxylic acids is 1. The van der Waals surface area contributed by atoms with Gasteiger partial charge in [0.2, 0.25) is 0 Å². The molecule has 1 aromatic carbocycles. The lowest BCUT2D eigenvalue weighted by Gasteiger charge is -2.09. The molecule has 0 saturated heterocycles. The van der Waals surface area contributed by atoms with Crippen LogP contribution in [0, 0.1) is 0 Å². The van der Waals surface area contributed by atoms with E-state index in [9.17, 15) is 4.79 Å². The number of benzene rings is 1. The van der Waals surface area contributed by atoms with E-state index in [1.54, 1.807) is 24.3 Å². The molecule has 0 aliphatic rings. The van der Waals surface area contributed by atoms with E-state index in [1.165, 1.54) is 12.4 Å². The first-order valence-electron chi connectivity index (χ1n) is 4.94. The molecular formula is C12H7Cl3N2O. The monoisotopic (exact) mass is 300 g/mol. The number of aromatic nitrogens is 1. The summed E-state index contributed by atoms with van der Waals surface area (Å²) in [5, 5.41) is 3.55. The minimum Gasteiger partial charge on any atom is -0.319 e. The van der Waals surface area contributed by atoms with Crippen molar-refractivity contribution in [3.8, 4) is 0 Å². The van der Waals surface area contributed by atoms with Crippen molar-refractivity contribution in [1.82, 2.24) is 4.98 Å². The predicted octanol–water partition coefficient (Wildman–Crippen LogP) is 4.29. The second kappa shape index (κ2) is 5.57. The average molecular weight is 302 g/mol. The van der Waals surface area contributed by atoms with E-state index in [0.29, 0.717) is 10.7 Å². The number of carbonyl (C=O) groups is 1. The molecule has 0 radical (unpaired) electrons. The summed E-state index contributed by atoms with van der Waals surface area (Å²) in [6, 6.07) is 6.42. The van der Waals surface area contributed by atoms with E-state index in [1.807, 2.05) is 0 Å². The second-order valence-corrected chi connectivity index (χ2v) is 4.63. The van der Waals surface area contributed by atoms with Gasteiger partial charge in [-0.15, -0.1) is 0 Å². The van der Waals surface area contributed by atoms with Gasteiger partial charge in [0.1, 0.15) is 0 Å². The van der Waals surface area contributed by atoms with Crippen LogP contribution in [-0.2, 0) is 0 Å². The summed E-state index contributed by atoms with van der Waals surface area (Å²) in [6.07, 6.45) is 2.98. The molecule has 0 spiro atoms. The van der Waals surface area contributed by atoms with Crippen LogP contribution < -0.4 is 5.32 Å². The number of pyridine rings is 1. The number of nitrogens with zero attached hydrogens (tertiary/aromatic N) is 1. The van der Waals surface area contributed by atoms with Crippen LogP contribution >= 0.6 is 34.8 Å². The molecule has 1 N–H and O–H groups in total. The van der Waals surface area contributed by atoms with Gasteiger partial charge in [0.25, 0.3) is 5.91 Å². The topological polar surface area (TPSA) is 42.0 Å². The maximum absolute atomic E-state index is 12.0. The van der Waals surface area contributed by atoms with Crippen molar-refractivity contribution in [2.45, 2.75) is 0 Å². The van der Waals surface area contributed by atoms with Gasteiger partial charge in [-0.2, -0.15) is 0 Å². The Labute approximate surface area is 119 Å². The Morgan fingerprint density at radius 1 is 1.06 bits per heavy atom. The molecule has 1 aromatic heterocycles. The Balaban J connectivity index is 2.31. The number of hydrogen-bond donors (Lipinski definition) is 1. The van der Waals surface area contributed by atoms with Gasteiger partial charge in [-0.05, 0) is 18.2 Å². The van der Waals surface area contributed by atoms with Crippen molar-refractivity contribution < 1.29 is 4.79 Å². The first-order chi connectivity index (χ1) is 8.59. The maximum Gasteiger partial charge on any atom is 0.258 e. The van der Waals surface area contributed by atoms with Gasteiger partial charge in [0.05, 0.1) is 32.5 Å². The summed E-state index contributed by atoms with van der Waals surface area (Å²) in [5.74, 6) is -0.430. The Kier molecular flexibility index (Phi) is 4.07. The molecule has 1 heterocycles. The molecule has 18 heavy (non-hydrogen) atoms. The third-order valence-electron chi connectivity index (χ3n) is 2.21. The number of hydrogen-bond acceptors (Lipinski definition) is 2. The summed E-state index contributed by atoms with van der Waals surface area (Å²) in [7, 11) is 0. The molecule has 0 fully saturated rings. The smallest absolute Gasteiger partial charge is 0.258 e. The number of rotatable bonds is 2. The highest BCUT2D eigenvalue weighted by molar-refractivity contribution is 6.40. The van der Waals surface area contributed by atoms with E-state index < -0.39 is 5.91 Å².